The highest BCUT2D eigenvalue weighted by molar-refractivity contribution is 7.92. The van der Waals surface area contributed by atoms with Crippen molar-refractivity contribution in [3.8, 4) is 11.3 Å². The number of carbonyl (C=O) groups excluding carboxylic acids is 1. The van der Waals surface area contributed by atoms with E-state index in [1.54, 1.807) is 13.0 Å². The number of benzene rings is 1. The van der Waals surface area contributed by atoms with E-state index in [2.05, 4.69) is 4.90 Å². The van der Waals surface area contributed by atoms with Crippen molar-refractivity contribution >= 4 is 38.9 Å². The van der Waals surface area contributed by atoms with E-state index in [4.69, 9.17) is 16.6 Å². The lowest BCUT2D eigenvalue weighted by Gasteiger charge is -2.34. The highest BCUT2D eigenvalue weighted by atomic mass is 35.5. The Labute approximate surface area is 205 Å². The number of imidazole rings is 1. The fourth-order valence-corrected chi connectivity index (χ4v) is 5.89. The molecule has 0 saturated carbocycles. The van der Waals surface area contributed by atoms with Crippen molar-refractivity contribution in [3.63, 3.8) is 0 Å². The number of anilines is 1. The molecule has 0 unspecified atom stereocenters. The molecule has 0 bridgehead atoms. The van der Waals surface area contributed by atoms with Crippen LogP contribution in [0.3, 0.4) is 0 Å². The van der Waals surface area contributed by atoms with Gasteiger partial charge in [-0.15, -0.1) is 0 Å². The van der Waals surface area contributed by atoms with E-state index in [1.165, 1.54) is 10.6 Å². The third-order valence-corrected chi connectivity index (χ3v) is 7.69. The largest absolute Gasteiger partial charge is 0.340 e. The molecule has 0 aliphatic carbocycles. The van der Waals surface area contributed by atoms with Gasteiger partial charge < -0.3 is 4.90 Å². The van der Waals surface area contributed by atoms with Crippen LogP contribution in [-0.4, -0.2) is 72.0 Å². The van der Waals surface area contributed by atoms with Gasteiger partial charge in [-0.3, -0.25) is 18.4 Å². The van der Waals surface area contributed by atoms with E-state index >= 15 is 0 Å². The molecule has 0 N–H and O–H groups in total. The molecule has 3 aromatic rings. The minimum atomic E-state index is -3.45. The molecule has 0 radical (unpaired) electrons. The number of amides is 1. The SMILES string of the molecule is CC(=O)N1CCN(Cc2c(-c3ccc(Cl)cc3)nc3ccc(N(C(C)C)S(C)(=O)=O)cn23)CC1. The van der Waals surface area contributed by atoms with E-state index < -0.39 is 10.0 Å². The third-order valence-electron chi connectivity index (χ3n) is 6.09. The van der Waals surface area contributed by atoms with Crippen LogP contribution in [0.1, 0.15) is 26.5 Å². The summed E-state index contributed by atoms with van der Waals surface area (Å²) in [6.07, 6.45) is 3.07. The highest BCUT2D eigenvalue weighted by Crippen LogP contribution is 2.30. The van der Waals surface area contributed by atoms with Crippen LogP contribution in [0.5, 0.6) is 0 Å². The lowest BCUT2D eigenvalue weighted by molar-refractivity contribution is -0.130. The number of nitrogens with zero attached hydrogens (tertiary/aromatic N) is 5. The summed E-state index contributed by atoms with van der Waals surface area (Å²) in [4.78, 5) is 20.8. The minimum absolute atomic E-state index is 0.0931. The van der Waals surface area contributed by atoms with Gasteiger partial charge in [-0.2, -0.15) is 0 Å². The Balaban J connectivity index is 1.79. The van der Waals surface area contributed by atoms with Crippen LogP contribution in [0.2, 0.25) is 5.02 Å². The Hall–Kier alpha value is -2.62. The number of pyridine rings is 1. The van der Waals surface area contributed by atoms with Crippen LogP contribution in [-0.2, 0) is 21.4 Å². The zero-order valence-electron chi connectivity index (χ0n) is 19.9. The van der Waals surface area contributed by atoms with Crippen LogP contribution in [0.4, 0.5) is 5.69 Å². The summed E-state index contributed by atoms with van der Waals surface area (Å²) in [5.41, 5.74) is 4.07. The molecule has 1 saturated heterocycles. The maximum atomic E-state index is 12.5. The number of carbonyl (C=O) groups is 1. The fraction of sp³-hybridized carbons (Fsp3) is 0.417. The van der Waals surface area contributed by atoms with Crippen LogP contribution >= 0.6 is 11.6 Å². The second kappa shape index (κ2) is 9.56. The van der Waals surface area contributed by atoms with Gasteiger partial charge in [-0.05, 0) is 38.1 Å². The lowest BCUT2D eigenvalue weighted by atomic mass is 10.1. The van der Waals surface area contributed by atoms with Crippen LogP contribution in [0, 0.1) is 0 Å². The fourth-order valence-electron chi connectivity index (χ4n) is 4.51. The Morgan fingerprint density at radius 1 is 1.09 bits per heavy atom. The van der Waals surface area contributed by atoms with Gasteiger partial charge in [0.25, 0.3) is 0 Å². The smallest absolute Gasteiger partial charge is 0.232 e. The summed E-state index contributed by atoms with van der Waals surface area (Å²) in [5.74, 6) is 0.0931. The summed E-state index contributed by atoms with van der Waals surface area (Å²) >= 11 is 6.11. The quantitative estimate of drug-likeness (QED) is 0.514. The van der Waals surface area contributed by atoms with Crippen LogP contribution in [0.25, 0.3) is 16.9 Å². The summed E-state index contributed by atoms with van der Waals surface area (Å²) < 4.78 is 28.4. The first-order chi connectivity index (χ1) is 16.0. The van der Waals surface area contributed by atoms with Crippen molar-refractivity contribution in [2.24, 2.45) is 0 Å². The zero-order valence-corrected chi connectivity index (χ0v) is 21.5. The van der Waals surface area contributed by atoms with Gasteiger partial charge in [0, 0.05) is 62.5 Å². The molecular formula is C24H30ClN5O3S. The molecular weight excluding hydrogens is 474 g/mol. The Kier molecular flexibility index (Phi) is 6.89. The molecule has 34 heavy (non-hydrogen) atoms. The average Bonchev–Trinajstić information content (AvgIpc) is 3.11. The van der Waals surface area contributed by atoms with Crippen molar-refractivity contribution in [2.75, 3.05) is 36.7 Å². The summed E-state index contributed by atoms with van der Waals surface area (Å²) in [6, 6.07) is 11.0. The zero-order chi connectivity index (χ0) is 24.6. The maximum Gasteiger partial charge on any atom is 0.232 e. The predicted octanol–water partition coefficient (Wildman–Crippen LogP) is 3.49. The van der Waals surface area contributed by atoms with Gasteiger partial charge in [0.15, 0.2) is 0 Å². The van der Waals surface area contributed by atoms with Gasteiger partial charge >= 0.3 is 0 Å². The van der Waals surface area contributed by atoms with E-state index in [0.29, 0.717) is 30.3 Å². The van der Waals surface area contributed by atoms with Crippen LogP contribution < -0.4 is 4.31 Å². The van der Waals surface area contributed by atoms with Gasteiger partial charge in [-0.25, -0.2) is 13.4 Å². The molecule has 1 aliphatic heterocycles. The average molecular weight is 504 g/mol. The molecule has 0 atom stereocenters. The van der Waals surface area contributed by atoms with Gasteiger partial charge in [-0.1, -0.05) is 23.7 Å². The molecule has 1 fully saturated rings. The maximum absolute atomic E-state index is 12.5. The van der Waals surface area contributed by atoms with Crippen molar-refractivity contribution in [2.45, 2.75) is 33.4 Å². The number of hydrogen-bond acceptors (Lipinski definition) is 5. The number of sulfonamides is 1. The topological polar surface area (TPSA) is 78.2 Å². The molecule has 4 rings (SSSR count). The third kappa shape index (κ3) is 5.06. The second-order valence-electron chi connectivity index (χ2n) is 8.96. The van der Waals surface area contributed by atoms with E-state index in [1.807, 2.05) is 59.7 Å². The predicted molar refractivity (Wildman–Crippen MR) is 136 cm³/mol. The molecule has 0 spiro atoms. The minimum Gasteiger partial charge on any atom is -0.340 e. The first-order valence-electron chi connectivity index (χ1n) is 11.3. The Bertz CT molecular complexity index is 1300. The number of hydrogen-bond donors (Lipinski definition) is 0. The van der Waals surface area contributed by atoms with Gasteiger partial charge in [0.1, 0.15) is 5.65 Å². The van der Waals surface area contributed by atoms with Crippen molar-refractivity contribution in [1.82, 2.24) is 19.2 Å². The molecule has 1 aliphatic rings. The summed E-state index contributed by atoms with van der Waals surface area (Å²) in [7, 11) is -3.45. The standard InChI is InChI=1S/C24H30ClN5O3S/c1-17(2)30(34(4,32)33)21-9-10-23-26-24(19-5-7-20(25)8-6-19)22(29(23)15-21)16-27-11-13-28(14-12-27)18(3)31/h5-10,15,17H,11-14,16H2,1-4H3. The first kappa shape index (κ1) is 24.5. The highest BCUT2D eigenvalue weighted by Gasteiger charge is 2.25. The normalized spacial score (nSPS) is 15.3. The molecule has 3 heterocycles. The van der Waals surface area contributed by atoms with Crippen LogP contribution in [0.15, 0.2) is 42.6 Å². The summed E-state index contributed by atoms with van der Waals surface area (Å²) in [6.45, 7) is 8.81. The van der Waals surface area contributed by atoms with E-state index in [0.717, 1.165) is 35.7 Å². The Morgan fingerprint density at radius 2 is 1.74 bits per heavy atom. The lowest BCUT2D eigenvalue weighted by Crippen LogP contribution is -2.47. The number of rotatable bonds is 6. The summed E-state index contributed by atoms with van der Waals surface area (Å²) in [5, 5.41) is 0.650. The monoisotopic (exact) mass is 503 g/mol. The Morgan fingerprint density at radius 3 is 2.29 bits per heavy atom. The molecule has 10 heteroatoms. The van der Waals surface area contributed by atoms with Gasteiger partial charge in [0.2, 0.25) is 15.9 Å². The number of aromatic nitrogens is 2. The van der Waals surface area contributed by atoms with Gasteiger partial charge in [0.05, 0.1) is 23.3 Å². The number of halogens is 1. The molecule has 1 aromatic carbocycles. The van der Waals surface area contributed by atoms with Crippen molar-refractivity contribution in [3.05, 3.63) is 53.3 Å². The molecule has 1 amide bonds. The van der Waals surface area contributed by atoms with Crippen molar-refractivity contribution in [1.29, 1.82) is 0 Å². The first-order valence-corrected chi connectivity index (χ1v) is 13.5. The molecule has 182 valence electrons. The molecule has 8 nitrogen and oxygen atoms in total. The molecule has 2 aromatic heterocycles. The second-order valence-corrected chi connectivity index (χ2v) is 11.3. The van der Waals surface area contributed by atoms with Crippen molar-refractivity contribution < 1.29 is 13.2 Å². The van der Waals surface area contributed by atoms with E-state index in [9.17, 15) is 13.2 Å². The van der Waals surface area contributed by atoms with E-state index in [-0.39, 0.29) is 11.9 Å². The number of piperazine rings is 1. The number of fused-ring (bicyclic) bond motifs is 1.